The van der Waals surface area contributed by atoms with Crippen molar-refractivity contribution in [3.63, 3.8) is 0 Å². The summed E-state index contributed by atoms with van der Waals surface area (Å²) in [6.07, 6.45) is 2.58. The Morgan fingerprint density at radius 2 is 2.36 bits per heavy atom. The normalized spacial score (nSPS) is 22.6. The van der Waals surface area contributed by atoms with E-state index in [-0.39, 0.29) is 5.91 Å². The molecule has 0 spiro atoms. The number of nitrogens with two attached hydrogens (primary N) is 2. The van der Waals surface area contributed by atoms with Gasteiger partial charge in [-0.2, -0.15) is 0 Å². The maximum absolute atomic E-state index is 10.8. The first-order valence-electron chi connectivity index (χ1n) is 5.18. The minimum Gasteiger partial charge on any atom is -0.330 e. The summed E-state index contributed by atoms with van der Waals surface area (Å²) in [6, 6.07) is 0. The van der Waals surface area contributed by atoms with Crippen molar-refractivity contribution in [3.8, 4) is 0 Å². The van der Waals surface area contributed by atoms with Crippen LogP contribution < -0.4 is 17.0 Å². The number of hydrogen-bond acceptors (Lipinski definition) is 4. The highest BCUT2D eigenvalue weighted by Gasteiger charge is 2.20. The van der Waals surface area contributed by atoms with Crippen LogP contribution in [0.4, 0.5) is 0 Å². The van der Waals surface area contributed by atoms with Crippen LogP contribution in [-0.4, -0.2) is 37.0 Å². The maximum Gasteiger partial charge on any atom is 0.233 e. The Hall–Kier alpha value is -0.650. The van der Waals surface area contributed by atoms with Crippen molar-refractivity contribution in [2.45, 2.75) is 19.3 Å². The van der Waals surface area contributed by atoms with E-state index in [2.05, 4.69) is 10.3 Å². The van der Waals surface area contributed by atoms with Gasteiger partial charge in [-0.25, -0.2) is 5.84 Å². The molecule has 0 radical (unpaired) electrons. The van der Waals surface area contributed by atoms with Crippen LogP contribution in [0.5, 0.6) is 0 Å². The monoisotopic (exact) mass is 200 g/mol. The number of carbonyl (C=O) groups is 1. The van der Waals surface area contributed by atoms with Crippen molar-refractivity contribution in [1.29, 1.82) is 0 Å². The predicted octanol–water partition coefficient (Wildman–Crippen LogP) is -0.963. The number of hydrazine groups is 1. The highest BCUT2D eigenvalue weighted by molar-refractivity contribution is 5.75. The molecule has 0 saturated carbocycles. The average Bonchev–Trinajstić information content (AvgIpc) is 2.65. The Labute approximate surface area is 84.8 Å². The van der Waals surface area contributed by atoms with E-state index >= 15 is 0 Å². The van der Waals surface area contributed by atoms with Crippen LogP contribution in [0.1, 0.15) is 19.3 Å². The van der Waals surface area contributed by atoms with Gasteiger partial charge in [0.2, 0.25) is 5.91 Å². The molecule has 1 heterocycles. The first-order valence-corrected chi connectivity index (χ1v) is 5.18. The Bertz CT molecular complexity index is 186. The fourth-order valence-electron chi connectivity index (χ4n) is 1.84. The highest BCUT2D eigenvalue weighted by Crippen LogP contribution is 2.14. The molecule has 1 amide bonds. The lowest BCUT2D eigenvalue weighted by molar-refractivity contribution is -0.121. The van der Waals surface area contributed by atoms with Crippen LogP contribution in [0, 0.1) is 5.92 Å². The highest BCUT2D eigenvalue weighted by atomic mass is 16.2. The minimum absolute atomic E-state index is 0.0837. The van der Waals surface area contributed by atoms with Crippen LogP contribution in [0.15, 0.2) is 0 Å². The largest absolute Gasteiger partial charge is 0.330 e. The molecular formula is C9H20N4O. The zero-order chi connectivity index (χ0) is 10.4. The molecular weight excluding hydrogens is 180 g/mol. The number of hydrogen-bond donors (Lipinski definition) is 3. The number of nitrogens with zero attached hydrogens (tertiary/aromatic N) is 1. The molecule has 14 heavy (non-hydrogen) atoms. The van der Waals surface area contributed by atoms with Gasteiger partial charge in [0.25, 0.3) is 0 Å². The SMILES string of the molecule is NCC1CCN(CCCC(=O)NN)C1. The molecule has 1 atom stereocenters. The number of rotatable bonds is 5. The quantitative estimate of drug-likeness (QED) is 0.303. The van der Waals surface area contributed by atoms with Crippen LogP contribution >= 0.6 is 0 Å². The molecule has 1 aliphatic heterocycles. The van der Waals surface area contributed by atoms with Gasteiger partial charge in [0, 0.05) is 13.0 Å². The van der Waals surface area contributed by atoms with E-state index in [0.717, 1.165) is 32.6 Å². The summed E-state index contributed by atoms with van der Waals surface area (Å²) in [7, 11) is 0. The molecule has 0 bridgehead atoms. The van der Waals surface area contributed by atoms with Crippen molar-refractivity contribution in [1.82, 2.24) is 10.3 Å². The number of amides is 1. The molecule has 0 aromatic rings. The van der Waals surface area contributed by atoms with E-state index in [1.54, 1.807) is 0 Å². The molecule has 0 aromatic carbocycles. The maximum atomic E-state index is 10.8. The van der Waals surface area contributed by atoms with Gasteiger partial charge in [-0.3, -0.25) is 10.2 Å². The van der Waals surface area contributed by atoms with E-state index in [0.29, 0.717) is 12.3 Å². The van der Waals surface area contributed by atoms with Crippen LogP contribution in [0.25, 0.3) is 0 Å². The third-order valence-corrected chi connectivity index (χ3v) is 2.74. The number of nitrogens with one attached hydrogen (secondary N) is 1. The van der Waals surface area contributed by atoms with Gasteiger partial charge in [-0.1, -0.05) is 0 Å². The molecule has 0 aromatic heterocycles. The summed E-state index contributed by atoms with van der Waals surface area (Å²) < 4.78 is 0. The lowest BCUT2D eigenvalue weighted by atomic mass is 10.1. The van der Waals surface area contributed by atoms with Gasteiger partial charge in [-0.15, -0.1) is 0 Å². The molecule has 1 unspecified atom stereocenters. The summed E-state index contributed by atoms with van der Waals surface area (Å²) in [5.41, 5.74) is 7.72. The second kappa shape index (κ2) is 5.95. The first kappa shape index (κ1) is 11.4. The van der Waals surface area contributed by atoms with Crippen molar-refractivity contribution in [2.24, 2.45) is 17.5 Å². The van der Waals surface area contributed by atoms with E-state index < -0.39 is 0 Å². The van der Waals surface area contributed by atoms with E-state index in [1.807, 2.05) is 0 Å². The van der Waals surface area contributed by atoms with Crippen molar-refractivity contribution < 1.29 is 4.79 Å². The van der Waals surface area contributed by atoms with E-state index in [1.165, 1.54) is 6.42 Å². The lowest BCUT2D eigenvalue weighted by Gasteiger charge is -2.14. The van der Waals surface area contributed by atoms with Crippen molar-refractivity contribution >= 4 is 5.91 Å². The Kier molecular flexibility index (Phi) is 4.86. The van der Waals surface area contributed by atoms with Crippen molar-refractivity contribution in [2.75, 3.05) is 26.2 Å². The average molecular weight is 200 g/mol. The topological polar surface area (TPSA) is 84.4 Å². The zero-order valence-corrected chi connectivity index (χ0v) is 8.54. The molecule has 1 fully saturated rings. The molecule has 1 rings (SSSR count). The Morgan fingerprint density at radius 1 is 1.57 bits per heavy atom. The number of carbonyl (C=O) groups excluding carboxylic acids is 1. The van der Waals surface area contributed by atoms with Crippen LogP contribution in [-0.2, 0) is 4.79 Å². The van der Waals surface area contributed by atoms with Crippen molar-refractivity contribution in [3.05, 3.63) is 0 Å². The van der Waals surface area contributed by atoms with Crippen LogP contribution in [0.3, 0.4) is 0 Å². The minimum atomic E-state index is -0.0837. The second-order valence-electron chi connectivity index (χ2n) is 3.86. The van der Waals surface area contributed by atoms with Gasteiger partial charge in [0.1, 0.15) is 0 Å². The summed E-state index contributed by atoms with van der Waals surface area (Å²) in [4.78, 5) is 13.2. The van der Waals surface area contributed by atoms with Crippen LogP contribution in [0.2, 0.25) is 0 Å². The molecule has 5 nitrogen and oxygen atoms in total. The summed E-state index contributed by atoms with van der Waals surface area (Å²) in [6.45, 7) is 3.95. The Balaban J connectivity index is 2.05. The third-order valence-electron chi connectivity index (χ3n) is 2.74. The smallest absolute Gasteiger partial charge is 0.233 e. The molecule has 1 saturated heterocycles. The van der Waals surface area contributed by atoms with Gasteiger partial charge in [-0.05, 0) is 38.4 Å². The molecule has 5 heteroatoms. The molecule has 5 N–H and O–H groups in total. The predicted molar refractivity (Wildman–Crippen MR) is 55.2 cm³/mol. The molecule has 0 aliphatic carbocycles. The summed E-state index contributed by atoms with van der Waals surface area (Å²) in [5, 5.41) is 0. The lowest BCUT2D eigenvalue weighted by Crippen LogP contribution is -2.31. The summed E-state index contributed by atoms with van der Waals surface area (Å²) in [5.74, 6) is 5.55. The fraction of sp³-hybridized carbons (Fsp3) is 0.889. The molecule has 82 valence electrons. The standard InChI is InChI=1S/C9H20N4O/c10-6-8-3-5-13(7-8)4-1-2-9(14)12-11/h8H,1-7,10-11H2,(H,12,14). The Morgan fingerprint density at radius 3 is 2.93 bits per heavy atom. The van der Waals surface area contributed by atoms with Gasteiger partial charge >= 0.3 is 0 Å². The summed E-state index contributed by atoms with van der Waals surface area (Å²) >= 11 is 0. The zero-order valence-electron chi connectivity index (χ0n) is 8.54. The van der Waals surface area contributed by atoms with E-state index in [9.17, 15) is 4.79 Å². The second-order valence-corrected chi connectivity index (χ2v) is 3.86. The number of likely N-dealkylation sites (tertiary alicyclic amines) is 1. The van der Waals surface area contributed by atoms with E-state index in [4.69, 9.17) is 11.6 Å². The third kappa shape index (κ3) is 3.61. The van der Waals surface area contributed by atoms with Gasteiger partial charge < -0.3 is 10.6 Å². The molecule has 1 aliphatic rings. The van der Waals surface area contributed by atoms with Gasteiger partial charge in [0.15, 0.2) is 0 Å². The first-order chi connectivity index (χ1) is 6.76. The fourth-order valence-corrected chi connectivity index (χ4v) is 1.84. The van der Waals surface area contributed by atoms with Gasteiger partial charge in [0.05, 0.1) is 0 Å².